The third-order valence-electron chi connectivity index (χ3n) is 0.370. The van der Waals surface area contributed by atoms with Gasteiger partial charge < -0.3 is 0 Å². The Morgan fingerprint density at radius 3 is 1.86 bits per heavy atom. The molecule has 0 aromatic carbocycles. The van der Waals surface area contributed by atoms with Crippen LogP contribution in [0.15, 0.2) is 20.7 Å². The molecule has 1 aliphatic rings. The fourth-order valence-electron chi connectivity index (χ4n) is 0.168. The highest BCUT2D eigenvalue weighted by Crippen LogP contribution is 2.25. The quantitative estimate of drug-likeness (QED) is 0.346. The predicted octanol–water partition coefficient (Wildman–Crippen LogP) is 1.64. The zero-order chi connectivity index (χ0) is 5.33. The summed E-state index contributed by atoms with van der Waals surface area (Å²) in [5.41, 5.74) is 0. The first-order valence-corrected chi connectivity index (χ1v) is 1.80. The highest BCUT2D eigenvalue weighted by Gasteiger charge is 2.27. The summed E-state index contributed by atoms with van der Waals surface area (Å²) in [6.45, 7) is 0. The van der Waals surface area contributed by atoms with E-state index in [-0.39, 0.29) is 0 Å². The molecule has 4 nitrogen and oxygen atoms in total. The van der Waals surface area contributed by atoms with E-state index < -0.39 is 5.38 Å². The van der Waals surface area contributed by atoms with Crippen molar-refractivity contribution in [3.8, 4) is 0 Å². The Balaban J connectivity index is 2.77. The van der Waals surface area contributed by atoms with Gasteiger partial charge in [-0.2, -0.15) is 4.39 Å². The summed E-state index contributed by atoms with van der Waals surface area (Å²) in [5, 5.41) is 8.73. The van der Waals surface area contributed by atoms with Crippen molar-refractivity contribution in [1.82, 2.24) is 0 Å². The minimum absolute atomic E-state index is 2.42. The van der Waals surface area contributed by atoms with Crippen molar-refractivity contribution in [1.29, 1.82) is 0 Å². The highest BCUT2D eigenvalue weighted by molar-refractivity contribution is 6.22. The van der Waals surface area contributed by atoms with Gasteiger partial charge in [0.1, 0.15) is 0 Å². The van der Waals surface area contributed by atoms with E-state index in [0.29, 0.717) is 0 Å². The first-order chi connectivity index (χ1) is 3.21. The van der Waals surface area contributed by atoms with E-state index in [4.69, 9.17) is 11.6 Å². The monoisotopic (exact) mass is 122 g/mol. The molecule has 6 heteroatoms. The number of hydrogen-bond acceptors (Lipinski definition) is 4. The number of rotatable bonds is 0. The van der Waals surface area contributed by atoms with Gasteiger partial charge in [0.25, 0.3) is 0 Å². The Labute approximate surface area is 43.1 Å². The van der Waals surface area contributed by atoms with E-state index in [1.54, 1.807) is 0 Å². The Bertz CT molecular complexity index is 114. The van der Waals surface area contributed by atoms with E-state index in [0.717, 1.165) is 0 Å². The molecule has 1 heterocycles. The number of nitrogens with zero attached hydrogens (tertiary/aromatic N) is 4. The number of hydrogen-bond donors (Lipinski definition) is 0. The van der Waals surface area contributed by atoms with Crippen LogP contribution < -0.4 is 0 Å². The van der Waals surface area contributed by atoms with Gasteiger partial charge in [-0.15, -0.1) is 0 Å². The molecule has 0 aliphatic carbocycles. The van der Waals surface area contributed by atoms with Gasteiger partial charge in [0.2, 0.25) is 0 Å². The topological polar surface area (TPSA) is 49.4 Å². The maximum atomic E-state index is 11.9. The van der Waals surface area contributed by atoms with Crippen molar-refractivity contribution < 1.29 is 4.39 Å². The molecule has 1 aliphatic heterocycles. The molecule has 0 bridgehead atoms. The first-order valence-electron chi connectivity index (χ1n) is 1.43. The summed E-state index contributed by atoms with van der Waals surface area (Å²) < 4.78 is 11.9. The maximum absolute atomic E-state index is 11.9. The van der Waals surface area contributed by atoms with Gasteiger partial charge in [0.05, 0.1) is 0 Å². The minimum atomic E-state index is -2.42. The molecule has 0 aromatic heterocycles. The zero-order valence-electron chi connectivity index (χ0n) is 3.04. The van der Waals surface area contributed by atoms with Crippen LogP contribution in [-0.2, 0) is 0 Å². The van der Waals surface area contributed by atoms with Gasteiger partial charge in [0.15, 0.2) is 0 Å². The third kappa shape index (κ3) is 0.894. The fourth-order valence-corrected chi connectivity index (χ4v) is 0.235. The Morgan fingerprint density at radius 1 is 1.29 bits per heavy atom. The molecule has 7 heavy (non-hydrogen) atoms. The molecule has 0 spiro atoms. The first kappa shape index (κ1) is 4.58. The van der Waals surface area contributed by atoms with Crippen LogP contribution in [0, 0.1) is 0 Å². The van der Waals surface area contributed by atoms with Gasteiger partial charge in [0, 0.05) is 0 Å². The SMILES string of the molecule is FC1(Cl)N=NN=N1. The minimum Gasteiger partial charge on any atom is -0.170 e. The second-order valence-corrected chi connectivity index (χ2v) is 1.37. The fraction of sp³-hybridized carbons (Fsp3) is 1.00. The summed E-state index contributed by atoms with van der Waals surface area (Å²) in [5.74, 6) is 0. The van der Waals surface area contributed by atoms with E-state index in [9.17, 15) is 4.39 Å². The van der Waals surface area contributed by atoms with Gasteiger partial charge in [-0.1, -0.05) is 10.2 Å². The second kappa shape index (κ2) is 1.19. The molecule has 0 radical (unpaired) electrons. The lowest BCUT2D eigenvalue weighted by Gasteiger charge is -1.91. The average Bonchev–Trinajstić information content (AvgIpc) is 1.84. The molecule has 38 valence electrons. The Hall–Kier alpha value is -0.580. The molecule has 0 atom stereocenters. The summed E-state index contributed by atoms with van der Waals surface area (Å²) in [7, 11) is 0. The van der Waals surface area contributed by atoms with Crippen LogP contribution in [0.3, 0.4) is 0 Å². The number of halogens is 2. The molecule has 0 unspecified atom stereocenters. The van der Waals surface area contributed by atoms with E-state index in [2.05, 4.69) is 20.7 Å². The largest absolute Gasteiger partial charge is 0.412 e. The van der Waals surface area contributed by atoms with Crippen molar-refractivity contribution in [3.05, 3.63) is 0 Å². The Morgan fingerprint density at radius 2 is 1.71 bits per heavy atom. The summed E-state index contributed by atoms with van der Waals surface area (Å²) in [4.78, 5) is 0. The zero-order valence-corrected chi connectivity index (χ0v) is 3.80. The van der Waals surface area contributed by atoms with Crippen LogP contribution in [0.4, 0.5) is 4.39 Å². The molecule has 0 fully saturated rings. The van der Waals surface area contributed by atoms with Crippen LogP contribution in [0.5, 0.6) is 0 Å². The number of alkyl halides is 2. The third-order valence-corrected chi connectivity index (χ3v) is 0.521. The lowest BCUT2D eigenvalue weighted by atomic mass is 11.1. The normalized spacial score (nSPS) is 23.7. The van der Waals surface area contributed by atoms with Crippen molar-refractivity contribution in [2.45, 2.75) is 5.38 Å². The summed E-state index contributed by atoms with van der Waals surface area (Å²) in [6.07, 6.45) is 0. The molecule has 0 N–H and O–H groups in total. The average molecular weight is 122 g/mol. The van der Waals surface area contributed by atoms with Crippen molar-refractivity contribution in [2.75, 3.05) is 0 Å². The standard InChI is InChI=1S/CClFN4/c2-1(3)4-6-7-5-1. The lowest BCUT2D eigenvalue weighted by molar-refractivity contribution is 0.300. The smallest absolute Gasteiger partial charge is 0.170 e. The summed E-state index contributed by atoms with van der Waals surface area (Å²) in [6, 6.07) is 0. The maximum Gasteiger partial charge on any atom is 0.412 e. The molecule has 0 saturated carbocycles. The van der Waals surface area contributed by atoms with Crippen LogP contribution in [0.25, 0.3) is 0 Å². The molecular weight excluding hydrogens is 122 g/mol. The summed E-state index contributed by atoms with van der Waals surface area (Å²) >= 11 is 4.78. The van der Waals surface area contributed by atoms with Crippen LogP contribution >= 0.6 is 11.6 Å². The molecule has 0 amide bonds. The van der Waals surface area contributed by atoms with Gasteiger partial charge in [-0.25, -0.2) is 0 Å². The van der Waals surface area contributed by atoms with Crippen LogP contribution in [0.2, 0.25) is 0 Å². The predicted molar refractivity (Wildman–Crippen MR) is 19.4 cm³/mol. The second-order valence-electron chi connectivity index (χ2n) is 0.888. The molecule has 0 aromatic rings. The van der Waals surface area contributed by atoms with E-state index in [1.165, 1.54) is 0 Å². The van der Waals surface area contributed by atoms with Crippen LogP contribution in [-0.4, -0.2) is 5.38 Å². The van der Waals surface area contributed by atoms with Crippen molar-refractivity contribution >= 4 is 11.6 Å². The lowest BCUT2D eigenvalue weighted by Crippen LogP contribution is -1.99. The van der Waals surface area contributed by atoms with Crippen LogP contribution in [0.1, 0.15) is 0 Å². The van der Waals surface area contributed by atoms with Crippen molar-refractivity contribution in [2.24, 2.45) is 20.7 Å². The molecule has 0 saturated heterocycles. The molecule has 1 rings (SSSR count). The van der Waals surface area contributed by atoms with Gasteiger partial charge in [-0.3, -0.25) is 0 Å². The van der Waals surface area contributed by atoms with Crippen molar-refractivity contribution in [3.63, 3.8) is 0 Å². The van der Waals surface area contributed by atoms with Gasteiger partial charge in [-0.05, 0) is 22.0 Å². The van der Waals surface area contributed by atoms with Gasteiger partial charge >= 0.3 is 5.38 Å². The van der Waals surface area contributed by atoms with E-state index in [1.807, 2.05) is 0 Å². The molecular formula is CClFN4. The Kier molecular flexibility index (Phi) is 0.780. The highest BCUT2D eigenvalue weighted by atomic mass is 35.5. The van der Waals surface area contributed by atoms with E-state index >= 15 is 0 Å².